The number of halogens is 4. The number of alkyl halides is 4. The molecule has 16 heavy (non-hydrogen) atoms. The van der Waals surface area contributed by atoms with Gasteiger partial charge in [0, 0.05) is 5.33 Å². The first-order valence-corrected chi connectivity index (χ1v) is 5.44. The first-order valence-electron chi connectivity index (χ1n) is 4.32. The van der Waals surface area contributed by atoms with E-state index < -0.39 is 11.7 Å². The topological polar surface area (TPSA) is 23.8 Å². The van der Waals surface area contributed by atoms with Crippen LogP contribution in [-0.4, -0.2) is 5.33 Å². The van der Waals surface area contributed by atoms with Crippen LogP contribution in [0, 0.1) is 11.3 Å². The monoisotopic (exact) mass is 289 g/mol. The second-order valence-corrected chi connectivity index (χ2v) is 3.66. The van der Waals surface area contributed by atoms with Crippen LogP contribution in [0.2, 0.25) is 0 Å². The van der Waals surface area contributed by atoms with Crippen LogP contribution in [0.3, 0.4) is 0 Å². The molecule has 1 aromatic rings. The van der Waals surface area contributed by atoms with E-state index in [1.54, 1.807) is 12.1 Å². The molecule has 0 aromatic heterocycles. The zero-order valence-corrected chi connectivity index (χ0v) is 9.64. The largest absolute Gasteiger partial charge is 0.416 e. The molecule has 1 aromatic carbocycles. The summed E-state index contributed by atoms with van der Waals surface area (Å²) < 4.78 is 37.4. The molecule has 0 radical (unpaired) electrons. The molecule has 1 rings (SSSR count). The Morgan fingerprint density at radius 1 is 1.31 bits per heavy atom. The van der Waals surface area contributed by atoms with Crippen LogP contribution in [0.1, 0.15) is 16.7 Å². The first-order chi connectivity index (χ1) is 7.47. The zero-order chi connectivity index (χ0) is 12.2. The summed E-state index contributed by atoms with van der Waals surface area (Å²) in [5.74, 6) is 0. The summed E-state index contributed by atoms with van der Waals surface area (Å²) in [5, 5.41) is 9.17. The molecular weight excluding hydrogens is 283 g/mol. The third kappa shape index (κ3) is 3.38. The highest BCUT2D eigenvalue weighted by Gasteiger charge is 2.30. The molecule has 0 aliphatic heterocycles. The lowest BCUT2D eigenvalue weighted by atomic mass is 10.1. The SMILES string of the molecule is N#Cc1cc(C=CCBr)cc(C(F)(F)F)c1. The van der Waals surface area contributed by atoms with Crippen molar-refractivity contribution in [1.82, 2.24) is 0 Å². The Hall–Kier alpha value is -1.28. The van der Waals surface area contributed by atoms with E-state index in [0.29, 0.717) is 10.9 Å². The number of nitriles is 1. The van der Waals surface area contributed by atoms with Gasteiger partial charge >= 0.3 is 6.18 Å². The number of benzene rings is 1. The van der Waals surface area contributed by atoms with Crippen LogP contribution in [-0.2, 0) is 6.18 Å². The van der Waals surface area contributed by atoms with Crippen LogP contribution in [0.5, 0.6) is 0 Å². The van der Waals surface area contributed by atoms with E-state index in [0.717, 1.165) is 12.1 Å². The lowest BCUT2D eigenvalue weighted by molar-refractivity contribution is -0.137. The van der Waals surface area contributed by atoms with Gasteiger partial charge in [-0.15, -0.1) is 0 Å². The van der Waals surface area contributed by atoms with Crippen molar-refractivity contribution >= 4 is 22.0 Å². The average molecular weight is 290 g/mol. The van der Waals surface area contributed by atoms with Gasteiger partial charge < -0.3 is 0 Å². The fourth-order valence-electron chi connectivity index (χ4n) is 1.16. The molecule has 0 saturated heterocycles. The van der Waals surface area contributed by atoms with Crippen molar-refractivity contribution in [2.45, 2.75) is 6.18 Å². The molecule has 0 atom stereocenters. The minimum absolute atomic E-state index is 0.00375. The highest BCUT2D eigenvalue weighted by Crippen LogP contribution is 2.30. The summed E-state index contributed by atoms with van der Waals surface area (Å²) in [4.78, 5) is 0. The second-order valence-electron chi connectivity index (χ2n) is 3.01. The predicted octanol–water partition coefficient (Wildman–Crippen LogP) is 3.99. The molecule has 0 aliphatic rings. The van der Waals surface area contributed by atoms with E-state index in [9.17, 15) is 13.2 Å². The molecule has 0 unspecified atom stereocenters. The van der Waals surface area contributed by atoms with E-state index >= 15 is 0 Å². The molecular formula is C11H7BrF3N. The Kier molecular flexibility index (Phi) is 4.13. The maximum Gasteiger partial charge on any atom is 0.416 e. The van der Waals surface area contributed by atoms with Gasteiger partial charge in [0.1, 0.15) is 0 Å². The van der Waals surface area contributed by atoms with Crippen LogP contribution in [0.15, 0.2) is 24.3 Å². The lowest BCUT2D eigenvalue weighted by Crippen LogP contribution is -2.05. The van der Waals surface area contributed by atoms with Gasteiger partial charge in [0.15, 0.2) is 0 Å². The van der Waals surface area contributed by atoms with Crippen molar-refractivity contribution in [3.05, 3.63) is 41.0 Å². The van der Waals surface area contributed by atoms with Gasteiger partial charge in [-0.3, -0.25) is 0 Å². The fourth-order valence-corrected chi connectivity index (χ4v) is 1.34. The van der Waals surface area contributed by atoms with Gasteiger partial charge in [0.25, 0.3) is 0 Å². The van der Waals surface area contributed by atoms with Gasteiger partial charge in [0.2, 0.25) is 0 Å². The quantitative estimate of drug-likeness (QED) is 0.756. The Bertz CT molecular complexity index is 444. The van der Waals surface area contributed by atoms with Gasteiger partial charge in [0.05, 0.1) is 17.2 Å². The van der Waals surface area contributed by atoms with Crippen molar-refractivity contribution < 1.29 is 13.2 Å². The van der Waals surface area contributed by atoms with Gasteiger partial charge in [-0.2, -0.15) is 18.4 Å². The molecule has 0 fully saturated rings. The average Bonchev–Trinajstić information content (AvgIpc) is 2.24. The maximum absolute atomic E-state index is 12.5. The Morgan fingerprint density at radius 3 is 2.50 bits per heavy atom. The standard InChI is InChI=1S/C11H7BrF3N/c12-3-1-2-8-4-9(7-16)6-10(5-8)11(13,14)15/h1-2,4-6H,3H2. The summed E-state index contributed by atoms with van der Waals surface area (Å²) in [6.45, 7) is 0. The van der Waals surface area contributed by atoms with Gasteiger partial charge in [-0.25, -0.2) is 0 Å². The Morgan fingerprint density at radius 2 is 2.00 bits per heavy atom. The lowest BCUT2D eigenvalue weighted by Gasteiger charge is -2.07. The number of allylic oxidation sites excluding steroid dienone is 1. The van der Waals surface area contributed by atoms with E-state index in [2.05, 4.69) is 15.9 Å². The molecule has 0 bridgehead atoms. The summed E-state index contributed by atoms with van der Waals surface area (Å²) in [7, 11) is 0. The molecule has 0 heterocycles. The maximum atomic E-state index is 12.5. The van der Waals surface area contributed by atoms with E-state index in [1.807, 2.05) is 0 Å². The molecule has 0 spiro atoms. The summed E-state index contributed by atoms with van der Waals surface area (Å²) >= 11 is 3.13. The van der Waals surface area contributed by atoms with E-state index in [-0.39, 0.29) is 5.56 Å². The van der Waals surface area contributed by atoms with Crippen molar-refractivity contribution in [2.24, 2.45) is 0 Å². The summed E-state index contributed by atoms with van der Waals surface area (Å²) in [5.41, 5.74) is -0.435. The third-order valence-corrected chi connectivity index (χ3v) is 2.18. The molecule has 0 amide bonds. The van der Waals surface area contributed by atoms with Crippen molar-refractivity contribution in [3.63, 3.8) is 0 Å². The zero-order valence-electron chi connectivity index (χ0n) is 8.05. The van der Waals surface area contributed by atoms with Crippen LogP contribution in [0.25, 0.3) is 6.08 Å². The predicted molar refractivity (Wildman–Crippen MR) is 59.0 cm³/mol. The number of rotatable bonds is 2. The molecule has 0 saturated carbocycles. The smallest absolute Gasteiger partial charge is 0.192 e. The fraction of sp³-hybridized carbons (Fsp3) is 0.182. The minimum atomic E-state index is -4.43. The second kappa shape index (κ2) is 5.17. The number of hydrogen-bond donors (Lipinski definition) is 0. The highest BCUT2D eigenvalue weighted by molar-refractivity contribution is 9.09. The van der Waals surface area contributed by atoms with Crippen LogP contribution >= 0.6 is 15.9 Å². The molecule has 0 N–H and O–H groups in total. The van der Waals surface area contributed by atoms with E-state index in [1.165, 1.54) is 12.1 Å². The van der Waals surface area contributed by atoms with Gasteiger partial charge in [-0.05, 0) is 23.8 Å². The summed E-state index contributed by atoms with van der Waals surface area (Å²) in [6, 6.07) is 4.97. The first kappa shape index (κ1) is 12.8. The Labute approximate surface area is 99.3 Å². The number of nitrogens with zero attached hydrogens (tertiary/aromatic N) is 1. The molecule has 5 heteroatoms. The molecule has 0 aliphatic carbocycles. The van der Waals surface area contributed by atoms with Crippen molar-refractivity contribution in [2.75, 3.05) is 5.33 Å². The number of hydrogen-bond acceptors (Lipinski definition) is 1. The van der Waals surface area contributed by atoms with Crippen molar-refractivity contribution in [1.29, 1.82) is 5.26 Å². The molecule has 1 nitrogen and oxygen atoms in total. The van der Waals surface area contributed by atoms with Gasteiger partial charge in [-0.1, -0.05) is 28.1 Å². The van der Waals surface area contributed by atoms with Crippen molar-refractivity contribution in [3.8, 4) is 6.07 Å². The summed E-state index contributed by atoms with van der Waals surface area (Å²) in [6.07, 6.45) is -1.23. The van der Waals surface area contributed by atoms with E-state index in [4.69, 9.17) is 5.26 Å². The third-order valence-electron chi connectivity index (χ3n) is 1.81. The molecule has 84 valence electrons. The Balaban J connectivity index is 3.23. The highest BCUT2D eigenvalue weighted by atomic mass is 79.9. The van der Waals surface area contributed by atoms with Crippen LogP contribution < -0.4 is 0 Å². The van der Waals surface area contributed by atoms with Crippen LogP contribution in [0.4, 0.5) is 13.2 Å². The minimum Gasteiger partial charge on any atom is -0.192 e. The normalized spacial score (nSPS) is 11.7.